The third kappa shape index (κ3) is 2.58. The van der Waals surface area contributed by atoms with Crippen molar-refractivity contribution in [2.45, 2.75) is 60.4 Å². The third-order valence-electron chi connectivity index (χ3n) is 3.84. The molecule has 1 heterocycles. The fourth-order valence-electron chi connectivity index (χ4n) is 2.90. The highest BCUT2D eigenvalue weighted by Gasteiger charge is 2.42. The molecule has 1 rings (SSSR count). The van der Waals surface area contributed by atoms with Crippen LogP contribution in [0.1, 0.15) is 54.9 Å². The molecule has 2 nitrogen and oxygen atoms in total. The van der Waals surface area contributed by atoms with Crippen LogP contribution < -0.4 is 0 Å². The molecule has 1 amide bonds. The molecule has 2 atom stereocenters. The molecule has 0 radical (unpaired) electrons. The summed E-state index contributed by atoms with van der Waals surface area (Å²) in [7, 11) is 0. The highest BCUT2D eigenvalue weighted by atomic mass is 16.2. The molecule has 0 aromatic heterocycles. The van der Waals surface area contributed by atoms with Gasteiger partial charge in [-0.3, -0.25) is 4.79 Å². The number of nitrogens with zero attached hydrogens (tertiary/aromatic N) is 1. The minimum absolute atomic E-state index is 0.0335. The summed E-state index contributed by atoms with van der Waals surface area (Å²) in [6.07, 6.45) is 1.13. The van der Waals surface area contributed by atoms with E-state index in [1.54, 1.807) is 0 Å². The van der Waals surface area contributed by atoms with E-state index in [1.165, 1.54) is 0 Å². The zero-order valence-corrected chi connectivity index (χ0v) is 11.9. The van der Waals surface area contributed by atoms with Gasteiger partial charge < -0.3 is 4.90 Å². The largest absolute Gasteiger partial charge is 0.338 e. The monoisotopic (exact) mass is 225 g/mol. The summed E-state index contributed by atoms with van der Waals surface area (Å²) in [5, 5.41) is 0. The van der Waals surface area contributed by atoms with E-state index in [-0.39, 0.29) is 16.9 Å². The van der Waals surface area contributed by atoms with E-state index in [0.717, 1.165) is 13.0 Å². The quantitative estimate of drug-likeness (QED) is 0.619. The lowest BCUT2D eigenvalue weighted by Gasteiger charge is -2.47. The standard InChI is InChI=1S/C14H27NO/c1-10-11(13(2,3)4)8-9-15(12(10)16)14(5,6)7/h10-11H,8-9H2,1-7H3. The van der Waals surface area contributed by atoms with Crippen molar-refractivity contribution < 1.29 is 4.79 Å². The minimum atomic E-state index is -0.0335. The van der Waals surface area contributed by atoms with Gasteiger partial charge in [0.25, 0.3) is 0 Å². The first kappa shape index (κ1) is 13.5. The van der Waals surface area contributed by atoms with E-state index < -0.39 is 0 Å². The van der Waals surface area contributed by atoms with Crippen LogP contribution in [0, 0.1) is 17.3 Å². The molecule has 2 unspecified atom stereocenters. The second kappa shape index (κ2) is 4.05. The first-order chi connectivity index (χ1) is 7.05. The van der Waals surface area contributed by atoms with Gasteiger partial charge in [0, 0.05) is 18.0 Å². The van der Waals surface area contributed by atoms with Crippen LogP contribution >= 0.6 is 0 Å². The summed E-state index contributed by atoms with van der Waals surface area (Å²) in [5.41, 5.74) is 0.202. The van der Waals surface area contributed by atoms with Crippen LogP contribution in [0.25, 0.3) is 0 Å². The minimum Gasteiger partial charge on any atom is -0.338 e. The molecule has 1 fully saturated rings. The van der Waals surface area contributed by atoms with Gasteiger partial charge in [0.05, 0.1) is 0 Å². The summed E-state index contributed by atoms with van der Waals surface area (Å²) in [4.78, 5) is 14.4. The van der Waals surface area contributed by atoms with E-state index in [1.807, 2.05) is 4.90 Å². The van der Waals surface area contributed by atoms with Crippen molar-refractivity contribution in [1.82, 2.24) is 4.90 Å². The van der Waals surface area contributed by atoms with Gasteiger partial charge in [-0.25, -0.2) is 0 Å². The maximum atomic E-state index is 12.4. The maximum Gasteiger partial charge on any atom is 0.226 e. The third-order valence-corrected chi connectivity index (χ3v) is 3.84. The zero-order chi connectivity index (χ0) is 12.7. The van der Waals surface area contributed by atoms with Crippen molar-refractivity contribution in [2.24, 2.45) is 17.3 Å². The number of piperidine rings is 1. The van der Waals surface area contributed by atoms with Crippen LogP contribution in [0.3, 0.4) is 0 Å². The highest BCUT2D eigenvalue weighted by Crippen LogP contribution is 2.39. The summed E-state index contributed by atoms with van der Waals surface area (Å²) in [6, 6.07) is 0. The number of hydrogen-bond donors (Lipinski definition) is 0. The number of likely N-dealkylation sites (tertiary alicyclic amines) is 1. The van der Waals surface area contributed by atoms with Crippen LogP contribution in [0.5, 0.6) is 0 Å². The molecular weight excluding hydrogens is 198 g/mol. The topological polar surface area (TPSA) is 20.3 Å². The van der Waals surface area contributed by atoms with Crippen molar-refractivity contribution in [1.29, 1.82) is 0 Å². The van der Waals surface area contributed by atoms with E-state index in [0.29, 0.717) is 11.8 Å². The first-order valence-corrected chi connectivity index (χ1v) is 6.36. The van der Waals surface area contributed by atoms with Gasteiger partial charge in [-0.05, 0) is 38.5 Å². The average Bonchev–Trinajstić information content (AvgIpc) is 2.05. The zero-order valence-electron chi connectivity index (χ0n) is 11.9. The second-order valence-corrected chi connectivity index (χ2v) is 7.21. The van der Waals surface area contributed by atoms with Crippen LogP contribution in [-0.4, -0.2) is 22.9 Å². The normalized spacial score (nSPS) is 28.4. The number of rotatable bonds is 0. The van der Waals surface area contributed by atoms with Crippen molar-refractivity contribution >= 4 is 5.91 Å². The maximum absolute atomic E-state index is 12.4. The predicted octanol–water partition coefficient (Wildman–Crippen LogP) is 3.32. The van der Waals surface area contributed by atoms with Crippen LogP contribution in [0.2, 0.25) is 0 Å². The Morgan fingerprint density at radius 1 is 1.12 bits per heavy atom. The van der Waals surface area contributed by atoms with Gasteiger partial charge in [-0.15, -0.1) is 0 Å². The van der Waals surface area contributed by atoms with Gasteiger partial charge in [0.1, 0.15) is 0 Å². The lowest BCUT2D eigenvalue weighted by Crippen LogP contribution is -2.54. The van der Waals surface area contributed by atoms with E-state index in [9.17, 15) is 4.79 Å². The van der Waals surface area contributed by atoms with Gasteiger partial charge in [0.2, 0.25) is 5.91 Å². The van der Waals surface area contributed by atoms with E-state index in [2.05, 4.69) is 48.5 Å². The molecule has 1 aliphatic heterocycles. The Hall–Kier alpha value is -0.530. The molecule has 1 aliphatic rings. The molecule has 0 aromatic rings. The van der Waals surface area contributed by atoms with Crippen molar-refractivity contribution in [2.75, 3.05) is 6.54 Å². The van der Waals surface area contributed by atoms with Gasteiger partial charge in [-0.1, -0.05) is 27.7 Å². The Bertz CT molecular complexity index is 269. The van der Waals surface area contributed by atoms with Crippen LogP contribution in [0.15, 0.2) is 0 Å². The highest BCUT2D eigenvalue weighted by molar-refractivity contribution is 5.80. The molecule has 0 saturated carbocycles. The van der Waals surface area contributed by atoms with Crippen molar-refractivity contribution in [3.8, 4) is 0 Å². The molecule has 16 heavy (non-hydrogen) atoms. The molecule has 2 heteroatoms. The van der Waals surface area contributed by atoms with Crippen LogP contribution in [-0.2, 0) is 4.79 Å². The molecule has 0 aromatic carbocycles. The van der Waals surface area contributed by atoms with Gasteiger partial charge >= 0.3 is 0 Å². The average molecular weight is 225 g/mol. The van der Waals surface area contributed by atoms with E-state index in [4.69, 9.17) is 0 Å². The number of carbonyl (C=O) groups excluding carboxylic acids is 1. The molecular formula is C14H27NO. The lowest BCUT2D eigenvalue weighted by molar-refractivity contribution is -0.148. The Morgan fingerprint density at radius 3 is 2.00 bits per heavy atom. The smallest absolute Gasteiger partial charge is 0.226 e. The number of carbonyl (C=O) groups is 1. The summed E-state index contributed by atoms with van der Waals surface area (Å²) in [6.45, 7) is 16.1. The van der Waals surface area contributed by atoms with Gasteiger partial charge in [0.15, 0.2) is 0 Å². The summed E-state index contributed by atoms with van der Waals surface area (Å²) in [5.74, 6) is 1.00. The Labute approximate surface area is 100 Å². The fourth-order valence-corrected chi connectivity index (χ4v) is 2.90. The Morgan fingerprint density at radius 2 is 1.62 bits per heavy atom. The SMILES string of the molecule is CC1C(=O)N(C(C)(C)C)CCC1C(C)(C)C. The summed E-state index contributed by atoms with van der Waals surface area (Å²) < 4.78 is 0. The Kier molecular flexibility index (Phi) is 3.42. The molecule has 0 bridgehead atoms. The fraction of sp³-hybridized carbons (Fsp3) is 0.929. The van der Waals surface area contributed by atoms with Crippen molar-refractivity contribution in [3.05, 3.63) is 0 Å². The Balaban J connectivity index is 2.85. The molecule has 0 N–H and O–H groups in total. The number of hydrogen-bond acceptors (Lipinski definition) is 1. The van der Waals surface area contributed by atoms with Crippen LogP contribution in [0.4, 0.5) is 0 Å². The predicted molar refractivity (Wildman–Crippen MR) is 68.2 cm³/mol. The van der Waals surface area contributed by atoms with E-state index >= 15 is 0 Å². The molecule has 0 aliphatic carbocycles. The van der Waals surface area contributed by atoms with Crippen molar-refractivity contribution in [3.63, 3.8) is 0 Å². The number of amides is 1. The second-order valence-electron chi connectivity index (χ2n) is 7.21. The van der Waals surface area contributed by atoms with Gasteiger partial charge in [-0.2, -0.15) is 0 Å². The lowest BCUT2D eigenvalue weighted by atomic mass is 9.69. The molecule has 0 spiro atoms. The first-order valence-electron chi connectivity index (χ1n) is 6.36. The summed E-state index contributed by atoms with van der Waals surface area (Å²) >= 11 is 0. The molecule has 94 valence electrons. The molecule has 1 saturated heterocycles.